The Labute approximate surface area is 258 Å². The monoisotopic (exact) mass is 590 g/mol. The van der Waals surface area contributed by atoms with Crippen LogP contribution in [0.4, 0.5) is 0 Å². The molecule has 0 aromatic heterocycles. The van der Waals surface area contributed by atoms with Gasteiger partial charge in [-0.3, -0.25) is 9.59 Å². The average Bonchev–Trinajstić information content (AvgIpc) is 3.01. The number of rotatable bonds is 8. The predicted octanol–water partition coefficient (Wildman–Crippen LogP) is 7.33. The summed E-state index contributed by atoms with van der Waals surface area (Å²) in [6.07, 6.45) is 1.08. The van der Waals surface area contributed by atoms with Crippen LogP contribution in [0.15, 0.2) is 108 Å². The number of hydrogen-bond acceptors (Lipinski definition) is 6. The molecular formula is C38H38O6. The van der Waals surface area contributed by atoms with Crippen molar-refractivity contribution >= 4 is 11.6 Å². The third kappa shape index (κ3) is 4.97. The van der Waals surface area contributed by atoms with Gasteiger partial charge in [0.05, 0.1) is 11.1 Å². The van der Waals surface area contributed by atoms with E-state index in [-0.39, 0.29) is 42.6 Å². The zero-order chi connectivity index (χ0) is 31.2. The fourth-order valence-electron chi connectivity index (χ4n) is 7.07. The lowest BCUT2D eigenvalue weighted by atomic mass is 9.59. The Kier molecular flexibility index (Phi) is 7.80. The number of aliphatic hydroxyl groups excluding tert-OH is 1. The van der Waals surface area contributed by atoms with Crippen molar-refractivity contribution in [1.29, 1.82) is 0 Å². The zero-order valence-electron chi connectivity index (χ0n) is 25.4. The summed E-state index contributed by atoms with van der Waals surface area (Å²) in [4.78, 5) is 28.4. The average molecular weight is 591 g/mol. The molecule has 3 aliphatic carbocycles. The van der Waals surface area contributed by atoms with Crippen LogP contribution in [-0.4, -0.2) is 27.4 Å². The number of aliphatic hydroxyl groups is 2. The van der Waals surface area contributed by atoms with Crippen LogP contribution in [0.1, 0.15) is 72.1 Å². The molecule has 3 aromatic carbocycles. The summed E-state index contributed by atoms with van der Waals surface area (Å²) in [5.74, 6) is -1.60. The summed E-state index contributed by atoms with van der Waals surface area (Å²) in [7, 11) is 0. The minimum Gasteiger partial charge on any atom is -0.508 e. The SMILES string of the molecule is C=C(C)C1=C(OCc2ccccc2)C[C@H]2C[C@H]3Cc4c(C(C)C)ccc(OCc5ccccc5)c4C(=O)C3=C(O)[C@@]2(O)C1=O. The van der Waals surface area contributed by atoms with Crippen molar-refractivity contribution in [2.45, 2.75) is 64.8 Å². The maximum absolute atomic E-state index is 14.4. The molecule has 44 heavy (non-hydrogen) atoms. The highest BCUT2D eigenvalue weighted by molar-refractivity contribution is 6.16. The number of carbonyl (C=O) groups is 2. The van der Waals surface area contributed by atoms with Gasteiger partial charge in [0.25, 0.3) is 0 Å². The van der Waals surface area contributed by atoms with E-state index in [1.165, 1.54) is 0 Å². The molecule has 0 saturated heterocycles. The number of allylic oxidation sites excluding steroid dienone is 3. The van der Waals surface area contributed by atoms with Gasteiger partial charge in [0, 0.05) is 17.9 Å². The van der Waals surface area contributed by atoms with Crippen LogP contribution in [-0.2, 0) is 29.2 Å². The molecule has 0 spiro atoms. The highest BCUT2D eigenvalue weighted by atomic mass is 16.5. The first-order chi connectivity index (χ1) is 21.1. The molecule has 6 nitrogen and oxygen atoms in total. The van der Waals surface area contributed by atoms with Crippen molar-refractivity contribution in [1.82, 2.24) is 0 Å². The molecule has 0 radical (unpaired) electrons. The fourth-order valence-corrected chi connectivity index (χ4v) is 7.07. The van der Waals surface area contributed by atoms with Gasteiger partial charge < -0.3 is 19.7 Å². The second kappa shape index (κ2) is 11.6. The molecule has 0 aliphatic heterocycles. The number of fused-ring (bicyclic) bond motifs is 3. The van der Waals surface area contributed by atoms with Crippen molar-refractivity contribution in [2.24, 2.45) is 11.8 Å². The van der Waals surface area contributed by atoms with Crippen LogP contribution in [0.3, 0.4) is 0 Å². The largest absolute Gasteiger partial charge is 0.508 e. The molecule has 0 saturated carbocycles. The molecule has 3 aromatic rings. The summed E-state index contributed by atoms with van der Waals surface area (Å²) >= 11 is 0. The molecule has 6 rings (SSSR count). The lowest BCUT2D eigenvalue weighted by molar-refractivity contribution is -0.143. The van der Waals surface area contributed by atoms with Gasteiger partial charge in [0.2, 0.25) is 5.78 Å². The highest BCUT2D eigenvalue weighted by Crippen LogP contribution is 2.53. The van der Waals surface area contributed by atoms with Crippen molar-refractivity contribution in [3.05, 3.63) is 135 Å². The molecule has 3 aliphatic rings. The Morgan fingerprint density at radius 1 is 0.932 bits per heavy atom. The van der Waals surface area contributed by atoms with E-state index in [2.05, 4.69) is 20.4 Å². The van der Waals surface area contributed by atoms with Gasteiger partial charge in [0.15, 0.2) is 11.4 Å². The summed E-state index contributed by atoms with van der Waals surface area (Å²) < 4.78 is 12.4. The summed E-state index contributed by atoms with van der Waals surface area (Å²) in [5, 5.41) is 23.8. The molecule has 0 amide bonds. The van der Waals surface area contributed by atoms with Crippen molar-refractivity contribution in [3.8, 4) is 5.75 Å². The van der Waals surface area contributed by atoms with E-state index >= 15 is 0 Å². The Bertz CT molecular complexity index is 1700. The van der Waals surface area contributed by atoms with Gasteiger partial charge in [-0.05, 0) is 65.5 Å². The van der Waals surface area contributed by atoms with E-state index in [9.17, 15) is 19.8 Å². The Hall–Kier alpha value is -4.42. The zero-order valence-corrected chi connectivity index (χ0v) is 25.4. The van der Waals surface area contributed by atoms with E-state index in [0.717, 1.165) is 22.3 Å². The summed E-state index contributed by atoms with van der Waals surface area (Å²) in [5.41, 5.74) is 2.73. The number of benzene rings is 3. The summed E-state index contributed by atoms with van der Waals surface area (Å²) in [6, 6.07) is 23.2. The van der Waals surface area contributed by atoms with Gasteiger partial charge in [-0.1, -0.05) is 87.2 Å². The van der Waals surface area contributed by atoms with Crippen molar-refractivity contribution in [2.75, 3.05) is 0 Å². The van der Waals surface area contributed by atoms with E-state index < -0.39 is 28.8 Å². The maximum atomic E-state index is 14.4. The molecular weight excluding hydrogens is 552 g/mol. The van der Waals surface area contributed by atoms with E-state index in [4.69, 9.17) is 9.47 Å². The van der Waals surface area contributed by atoms with Crippen LogP contribution >= 0.6 is 0 Å². The molecule has 0 unspecified atom stereocenters. The van der Waals surface area contributed by atoms with Crippen LogP contribution in [0.5, 0.6) is 5.75 Å². The Morgan fingerprint density at radius 3 is 2.14 bits per heavy atom. The fraction of sp³-hybridized carbons (Fsp3) is 0.316. The normalized spacial score (nSPS) is 22.8. The molecule has 0 heterocycles. The highest BCUT2D eigenvalue weighted by Gasteiger charge is 2.59. The first kappa shape index (κ1) is 29.6. The van der Waals surface area contributed by atoms with Gasteiger partial charge in [0.1, 0.15) is 30.5 Å². The quantitative estimate of drug-likeness (QED) is 0.285. The van der Waals surface area contributed by atoms with Crippen LogP contribution < -0.4 is 4.74 Å². The third-order valence-electron chi connectivity index (χ3n) is 9.24. The van der Waals surface area contributed by atoms with Crippen LogP contribution in [0, 0.1) is 11.8 Å². The number of Topliss-reactive ketones (excluding diaryl/α,β-unsaturated/α-hetero) is 2. The summed E-state index contributed by atoms with van der Waals surface area (Å²) in [6.45, 7) is 10.4. The Morgan fingerprint density at radius 2 is 1.55 bits per heavy atom. The minimum atomic E-state index is -2.24. The lowest BCUT2D eigenvalue weighted by Gasteiger charge is -2.46. The van der Waals surface area contributed by atoms with Gasteiger partial charge in [-0.15, -0.1) is 0 Å². The van der Waals surface area contributed by atoms with Gasteiger partial charge >= 0.3 is 0 Å². The maximum Gasteiger partial charge on any atom is 0.206 e. The van der Waals surface area contributed by atoms with Crippen LogP contribution in [0.25, 0.3) is 0 Å². The first-order valence-electron chi connectivity index (χ1n) is 15.2. The smallest absolute Gasteiger partial charge is 0.206 e. The number of hydrogen-bond donors (Lipinski definition) is 2. The predicted molar refractivity (Wildman–Crippen MR) is 168 cm³/mol. The molecule has 226 valence electrons. The molecule has 2 N–H and O–H groups in total. The Balaban J connectivity index is 1.40. The van der Waals surface area contributed by atoms with E-state index in [0.29, 0.717) is 35.5 Å². The van der Waals surface area contributed by atoms with E-state index in [1.54, 1.807) is 6.92 Å². The topological polar surface area (TPSA) is 93.1 Å². The second-order valence-electron chi connectivity index (χ2n) is 12.5. The lowest BCUT2D eigenvalue weighted by Crippen LogP contribution is -2.56. The van der Waals surface area contributed by atoms with Gasteiger partial charge in [-0.25, -0.2) is 0 Å². The van der Waals surface area contributed by atoms with Crippen molar-refractivity contribution in [3.63, 3.8) is 0 Å². The molecule has 0 fully saturated rings. The molecule has 0 bridgehead atoms. The molecule has 6 heteroatoms. The number of carbonyl (C=O) groups excluding carboxylic acids is 2. The van der Waals surface area contributed by atoms with Gasteiger partial charge in [-0.2, -0.15) is 0 Å². The number of ether oxygens (including phenoxy) is 2. The first-order valence-corrected chi connectivity index (χ1v) is 15.2. The minimum absolute atomic E-state index is 0.102. The number of ketones is 2. The standard InChI is InChI=1S/C38H38O6/c1-22(2)28-15-16-30(43-20-24-11-7-5-8-12-24)34-29(28)18-26-17-27-19-31(44-21-25-13-9-6-10-14-25)32(23(3)4)36(40)38(27,42)37(41)33(26)35(34)39/h5-16,22,26-27,41-42H,3,17-21H2,1-2,4H3/t26-,27+,38-/m0/s1. The molecule has 3 atom stereocenters. The third-order valence-corrected chi connectivity index (χ3v) is 9.24. The van der Waals surface area contributed by atoms with Crippen molar-refractivity contribution < 1.29 is 29.3 Å². The second-order valence-corrected chi connectivity index (χ2v) is 12.5. The van der Waals surface area contributed by atoms with Crippen LogP contribution in [0.2, 0.25) is 0 Å². The van der Waals surface area contributed by atoms with E-state index in [1.807, 2.05) is 72.8 Å².